The van der Waals surface area contributed by atoms with E-state index >= 15 is 0 Å². The molecule has 0 unspecified atom stereocenters. The molecule has 0 saturated heterocycles. The lowest BCUT2D eigenvalue weighted by Gasteiger charge is -2.13. The average Bonchev–Trinajstić information content (AvgIpc) is 2.91. The zero-order valence-electron chi connectivity index (χ0n) is 19.9. The van der Waals surface area contributed by atoms with Crippen molar-refractivity contribution in [2.45, 2.75) is 6.61 Å². The second-order valence-electron chi connectivity index (χ2n) is 7.85. The van der Waals surface area contributed by atoms with Gasteiger partial charge in [0.1, 0.15) is 12.4 Å². The number of nitro benzene ring substituents is 1. The molecule has 0 heterocycles. The summed E-state index contributed by atoms with van der Waals surface area (Å²) in [6.45, 7) is 0.210. The normalized spacial score (nSPS) is 10.9. The first-order valence-electron chi connectivity index (χ1n) is 11.0. The molecule has 0 saturated carbocycles. The van der Waals surface area contributed by atoms with Crippen molar-refractivity contribution in [3.05, 3.63) is 103 Å². The van der Waals surface area contributed by atoms with Gasteiger partial charge >= 0.3 is 0 Å². The fraction of sp³-hybridized carbons (Fsp3) is 0.111. The van der Waals surface area contributed by atoms with Gasteiger partial charge in [-0.1, -0.05) is 24.3 Å². The Morgan fingerprint density at radius 2 is 1.68 bits per heavy atom. The Morgan fingerprint density at radius 3 is 2.32 bits per heavy atom. The Bertz CT molecular complexity index is 1490. The van der Waals surface area contributed by atoms with Crippen molar-refractivity contribution < 1.29 is 23.9 Å². The Hall–Kier alpha value is -4.19. The number of nitrogens with zero attached hydrogens (tertiary/aromatic N) is 2. The maximum Gasteiger partial charge on any atom is 0.275 e. The van der Waals surface area contributed by atoms with Crippen molar-refractivity contribution in [1.29, 1.82) is 0 Å². The highest BCUT2D eigenvalue weighted by Gasteiger charge is 2.14. The van der Waals surface area contributed by atoms with E-state index < -0.39 is 10.8 Å². The summed E-state index contributed by atoms with van der Waals surface area (Å²) in [4.78, 5) is 23.2. The minimum Gasteiger partial charge on any atom is -0.496 e. The second kappa shape index (κ2) is 11.7. The van der Waals surface area contributed by atoms with Gasteiger partial charge in [-0.2, -0.15) is 5.10 Å². The maximum absolute atomic E-state index is 12.8. The number of hydrazone groups is 1. The Morgan fingerprint density at radius 1 is 1.00 bits per heavy atom. The van der Waals surface area contributed by atoms with E-state index in [0.717, 1.165) is 19.9 Å². The third kappa shape index (κ3) is 6.15. The molecule has 0 fully saturated rings. The molecule has 0 atom stereocenters. The van der Waals surface area contributed by atoms with Gasteiger partial charge in [-0.25, -0.2) is 5.43 Å². The Balaban J connectivity index is 1.46. The van der Waals surface area contributed by atoms with Crippen molar-refractivity contribution >= 4 is 51.2 Å². The summed E-state index contributed by atoms with van der Waals surface area (Å²) in [5.41, 5.74) is 4.41. The molecule has 4 rings (SSSR count). The number of rotatable bonds is 9. The molecule has 0 aromatic heterocycles. The monoisotopic (exact) mass is 611 g/mol. The van der Waals surface area contributed by atoms with E-state index in [2.05, 4.69) is 33.1 Å². The number of nitro groups is 1. The van der Waals surface area contributed by atoms with Gasteiger partial charge < -0.3 is 14.2 Å². The van der Waals surface area contributed by atoms with Crippen LogP contribution in [0.25, 0.3) is 10.8 Å². The first-order valence-corrected chi connectivity index (χ1v) is 12.1. The zero-order valence-corrected chi connectivity index (χ0v) is 22.1. The number of hydrogen-bond donors (Lipinski definition) is 1. The van der Waals surface area contributed by atoms with Crippen LogP contribution in [-0.2, 0) is 6.61 Å². The zero-order chi connectivity index (χ0) is 26.4. The molecule has 0 aliphatic rings. The van der Waals surface area contributed by atoms with E-state index in [1.165, 1.54) is 32.6 Å². The highest BCUT2D eigenvalue weighted by Crippen LogP contribution is 2.34. The van der Waals surface area contributed by atoms with Gasteiger partial charge in [-0.05, 0) is 80.9 Å². The molecule has 0 radical (unpaired) electrons. The lowest BCUT2D eigenvalue weighted by atomic mass is 10.1. The number of carbonyl (C=O) groups excluding carboxylic acids is 1. The number of amides is 1. The molecule has 188 valence electrons. The lowest BCUT2D eigenvalue weighted by Crippen LogP contribution is -2.18. The van der Waals surface area contributed by atoms with E-state index in [9.17, 15) is 14.9 Å². The lowest BCUT2D eigenvalue weighted by molar-refractivity contribution is -0.384. The standard InChI is InChI=1S/C27H22IN3O6/c1-35-24-14-20-6-4-3-5-19(20)13-22(24)27(32)30-29-15-18-11-23(28)26(25(12-18)36-2)37-16-17-7-9-21(10-8-17)31(33)34/h3-15H,16H2,1-2H3,(H,30,32)/b29-15-. The van der Waals surface area contributed by atoms with Crippen LogP contribution in [0.1, 0.15) is 21.5 Å². The number of ether oxygens (including phenoxy) is 3. The molecule has 10 heteroatoms. The Labute approximate surface area is 226 Å². The van der Waals surface area contributed by atoms with Gasteiger partial charge in [-0.3, -0.25) is 14.9 Å². The first-order chi connectivity index (χ1) is 17.9. The molecule has 0 aliphatic carbocycles. The summed E-state index contributed by atoms with van der Waals surface area (Å²) in [5, 5.41) is 16.8. The van der Waals surface area contributed by atoms with Gasteiger partial charge in [0.15, 0.2) is 11.5 Å². The molecule has 0 aliphatic heterocycles. The smallest absolute Gasteiger partial charge is 0.275 e. The van der Waals surface area contributed by atoms with Crippen molar-refractivity contribution in [3.8, 4) is 17.2 Å². The Kier molecular flexibility index (Phi) is 8.18. The quantitative estimate of drug-likeness (QED) is 0.112. The number of hydrogen-bond acceptors (Lipinski definition) is 7. The first kappa shape index (κ1) is 25.9. The van der Waals surface area contributed by atoms with E-state index in [1.54, 1.807) is 24.3 Å². The SMILES string of the molecule is COc1cc2ccccc2cc1C(=O)N/N=C\c1cc(I)c(OCc2ccc([N+](=O)[O-])cc2)c(OC)c1. The summed E-state index contributed by atoms with van der Waals surface area (Å²) in [5.74, 6) is 1.07. The number of halogens is 1. The number of benzene rings is 4. The summed E-state index contributed by atoms with van der Waals surface area (Å²) in [6.07, 6.45) is 1.51. The van der Waals surface area contributed by atoms with Crippen LogP contribution >= 0.6 is 22.6 Å². The molecule has 0 bridgehead atoms. The van der Waals surface area contributed by atoms with Crippen LogP contribution in [0.5, 0.6) is 17.2 Å². The van der Waals surface area contributed by atoms with Crippen molar-refractivity contribution in [2.75, 3.05) is 14.2 Å². The fourth-order valence-electron chi connectivity index (χ4n) is 3.62. The number of non-ortho nitro benzene ring substituents is 1. The largest absolute Gasteiger partial charge is 0.496 e. The van der Waals surface area contributed by atoms with Crippen molar-refractivity contribution in [1.82, 2.24) is 5.43 Å². The third-order valence-electron chi connectivity index (χ3n) is 5.47. The molecular formula is C27H22IN3O6. The molecule has 37 heavy (non-hydrogen) atoms. The highest BCUT2D eigenvalue weighted by molar-refractivity contribution is 14.1. The molecule has 1 amide bonds. The van der Waals surface area contributed by atoms with Gasteiger partial charge in [0, 0.05) is 12.1 Å². The second-order valence-corrected chi connectivity index (χ2v) is 9.01. The minimum atomic E-state index is -0.447. The van der Waals surface area contributed by atoms with Crippen LogP contribution in [0.4, 0.5) is 5.69 Å². The predicted octanol–water partition coefficient (Wildman–Crippen LogP) is 5.71. The maximum atomic E-state index is 12.8. The van der Waals surface area contributed by atoms with Gasteiger partial charge in [0.25, 0.3) is 11.6 Å². The molecule has 4 aromatic carbocycles. The molecule has 0 spiro atoms. The molecular weight excluding hydrogens is 589 g/mol. The molecule has 9 nitrogen and oxygen atoms in total. The molecule has 4 aromatic rings. The van der Waals surface area contributed by atoms with Gasteiger partial charge in [0.2, 0.25) is 0 Å². The minimum absolute atomic E-state index is 0.0192. The van der Waals surface area contributed by atoms with Crippen LogP contribution in [-0.4, -0.2) is 31.3 Å². The van der Waals surface area contributed by atoms with Crippen LogP contribution in [0.2, 0.25) is 0 Å². The number of carbonyl (C=O) groups is 1. The predicted molar refractivity (Wildman–Crippen MR) is 149 cm³/mol. The topological polar surface area (TPSA) is 112 Å². The van der Waals surface area contributed by atoms with E-state index in [-0.39, 0.29) is 12.3 Å². The van der Waals surface area contributed by atoms with Gasteiger partial charge in [-0.15, -0.1) is 0 Å². The van der Waals surface area contributed by atoms with Crippen molar-refractivity contribution in [2.24, 2.45) is 5.10 Å². The van der Waals surface area contributed by atoms with Crippen LogP contribution in [0.15, 0.2) is 77.9 Å². The van der Waals surface area contributed by atoms with Crippen LogP contribution in [0.3, 0.4) is 0 Å². The number of methoxy groups -OCH3 is 2. The average molecular weight is 611 g/mol. The van der Waals surface area contributed by atoms with E-state index in [0.29, 0.717) is 28.4 Å². The number of nitrogens with one attached hydrogen (secondary N) is 1. The van der Waals surface area contributed by atoms with Crippen molar-refractivity contribution in [3.63, 3.8) is 0 Å². The number of fused-ring (bicyclic) bond motifs is 1. The summed E-state index contributed by atoms with van der Waals surface area (Å²) >= 11 is 2.12. The van der Waals surface area contributed by atoms with E-state index in [4.69, 9.17) is 14.2 Å². The van der Waals surface area contributed by atoms with Crippen LogP contribution in [0, 0.1) is 13.7 Å². The summed E-state index contributed by atoms with van der Waals surface area (Å²) in [6, 6.07) is 21.0. The van der Waals surface area contributed by atoms with E-state index in [1.807, 2.05) is 36.4 Å². The molecule has 1 N–H and O–H groups in total. The summed E-state index contributed by atoms with van der Waals surface area (Å²) < 4.78 is 17.6. The van der Waals surface area contributed by atoms with Gasteiger partial charge in [0.05, 0.1) is 34.5 Å². The highest BCUT2D eigenvalue weighted by atomic mass is 127. The fourth-order valence-corrected chi connectivity index (χ4v) is 4.40. The third-order valence-corrected chi connectivity index (χ3v) is 6.28. The summed E-state index contributed by atoms with van der Waals surface area (Å²) in [7, 11) is 3.04. The van der Waals surface area contributed by atoms with Crippen LogP contribution < -0.4 is 19.6 Å².